The Kier molecular flexibility index (Phi) is 5.73. The van der Waals surface area contributed by atoms with Crippen LogP contribution in [0.5, 0.6) is 0 Å². The third kappa shape index (κ3) is 4.84. The summed E-state index contributed by atoms with van der Waals surface area (Å²) in [5, 5.41) is 1.23. The molecule has 17 heavy (non-hydrogen) atoms. The van der Waals surface area contributed by atoms with Crippen LogP contribution in [0, 0.1) is 0 Å². The highest BCUT2D eigenvalue weighted by atomic mass is 35.6. The third-order valence-corrected chi connectivity index (χ3v) is 4.61. The molecule has 0 aliphatic heterocycles. The highest BCUT2D eigenvalue weighted by molar-refractivity contribution is 7.85. The van der Waals surface area contributed by atoms with Gasteiger partial charge in [0.05, 0.1) is 16.6 Å². The van der Waals surface area contributed by atoms with Gasteiger partial charge in [-0.3, -0.25) is 9.00 Å². The predicted molar refractivity (Wildman–Crippen MR) is 71.6 cm³/mol. The van der Waals surface area contributed by atoms with Gasteiger partial charge in [0.15, 0.2) is 5.37 Å². The molecule has 0 unspecified atom stereocenters. The van der Waals surface area contributed by atoms with E-state index in [0.717, 1.165) is 5.56 Å². The van der Waals surface area contributed by atoms with Crippen LogP contribution in [0.2, 0.25) is 0 Å². The summed E-state index contributed by atoms with van der Waals surface area (Å²) in [6, 6.07) is 9.12. The molecule has 0 saturated carbocycles. The fourth-order valence-corrected chi connectivity index (χ4v) is 3.48. The molecule has 1 N–H and O–H groups in total. The maximum atomic E-state index is 12.0. The zero-order chi connectivity index (χ0) is 12.9. The molecule has 0 aliphatic rings. The Bertz CT molecular complexity index is 394. The van der Waals surface area contributed by atoms with E-state index >= 15 is 0 Å². The highest BCUT2D eigenvalue weighted by Crippen LogP contribution is 2.32. The Morgan fingerprint density at radius 3 is 2.35 bits per heavy atom. The van der Waals surface area contributed by atoms with Crippen molar-refractivity contribution in [3.8, 4) is 0 Å². The third-order valence-electron chi connectivity index (χ3n) is 1.93. The zero-order valence-electron chi connectivity index (χ0n) is 8.61. The van der Waals surface area contributed by atoms with Crippen molar-refractivity contribution in [1.82, 2.24) is 5.32 Å². The molecule has 0 saturated heterocycles. The van der Waals surface area contributed by atoms with Gasteiger partial charge >= 0.3 is 0 Å². The summed E-state index contributed by atoms with van der Waals surface area (Å²) in [5.41, 5.74) is 0.845. The number of carbonyl (C=O) groups is 1. The van der Waals surface area contributed by atoms with Crippen LogP contribution in [-0.4, -0.2) is 19.8 Å². The van der Waals surface area contributed by atoms with Crippen molar-refractivity contribution < 1.29 is 9.00 Å². The largest absolute Gasteiger partial charge is 0.341 e. The summed E-state index contributed by atoms with van der Waals surface area (Å²) >= 11 is 17.0. The summed E-state index contributed by atoms with van der Waals surface area (Å²) in [6.45, 7) is 0. The Morgan fingerprint density at radius 1 is 1.29 bits per heavy atom. The van der Waals surface area contributed by atoms with E-state index in [1.807, 2.05) is 30.3 Å². The van der Waals surface area contributed by atoms with E-state index in [9.17, 15) is 9.00 Å². The second-order valence-corrected chi connectivity index (χ2v) is 7.11. The lowest BCUT2D eigenvalue weighted by molar-refractivity contribution is -0.109. The van der Waals surface area contributed by atoms with Crippen molar-refractivity contribution in [2.45, 2.75) is 14.9 Å². The van der Waals surface area contributed by atoms with Crippen molar-refractivity contribution in [3.63, 3.8) is 0 Å². The number of rotatable bonds is 5. The van der Waals surface area contributed by atoms with Gasteiger partial charge in [-0.25, -0.2) is 0 Å². The Hall–Kier alpha value is -0.290. The average Bonchev–Trinajstić information content (AvgIpc) is 2.25. The van der Waals surface area contributed by atoms with E-state index in [1.165, 1.54) is 0 Å². The van der Waals surface area contributed by atoms with Gasteiger partial charge in [-0.2, -0.15) is 0 Å². The lowest BCUT2D eigenvalue weighted by atomic mass is 10.2. The minimum absolute atomic E-state index is 0.209. The maximum absolute atomic E-state index is 12.0. The molecule has 3 nitrogen and oxygen atoms in total. The fourth-order valence-electron chi connectivity index (χ4n) is 1.20. The van der Waals surface area contributed by atoms with Gasteiger partial charge in [0, 0.05) is 0 Å². The van der Waals surface area contributed by atoms with E-state index in [0.29, 0.717) is 6.41 Å². The zero-order valence-corrected chi connectivity index (χ0v) is 11.7. The van der Waals surface area contributed by atoms with Crippen LogP contribution in [0.25, 0.3) is 0 Å². The molecule has 7 heteroatoms. The number of nitrogens with one attached hydrogen (secondary N) is 1. The van der Waals surface area contributed by atoms with Crippen LogP contribution in [0.3, 0.4) is 0 Å². The van der Waals surface area contributed by atoms with E-state index in [2.05, 4.69) is 5.32 Å². The van der Waals surface area contributed by atoms with Gasteiger partial charge < -0.3 is 5.32 Å². The number of halogens is 3. The number of hydrogen-bond donors (Lipinski definition) is 1. The van der Waals surface area contributed by atoms with Crippen molar-refractivity contribution in [2.75, 3.05) is 0 Å². The van der Waals surface area contributed by atoms with Crippen LogP contribution in [0.4, 0.5) is 0 Å². The quantitative estimate of drug-likeness (QED) is 0.670. The van der Waals surface area contributed by atoms with Gasteiger partial charge in [-0.1, -0.05) is 65.1 Å². The van der Waals surface area contributed by atoms with Crippen LogP contribution < -0.4 is 5.32 Å². The summed E-state index contributed by atoms with van der Waals surface area (Å²) in [4.78, 5) is 10.4. The fraction of sp³-hybridized carbons (Fsp3) is 0.300. The monoisotopic (exact) mass is 313 g/mol. The molecule has 0 heterocycles. The van der Waals surface area contributed by atoms with Gasteiger partial charge in [-0.05, 0) is 5.56 Å². The average molecular weight is 315 g/mol. The van der Waals surface area contributed by atoms with E-state index in [4.69, 9.17) is 34.8 Å². The Balaban J connectivity index is 2.76. The van der Waals surface area contributed by atoms with Gasteiger partial charge in [-0.15, -0.1) is 0 Å². The molecule has 1 aromatic carbocycles. The van der Waals surface area contributed by atoms with Crippen molar-refractivity contribution >= 4 is 52.0 Å². The predicted octanol–water partition coefficient (Wildman–Crippen LogP) is 2.38. The van der Waals surface area contributed by atoms with Gasteiger partial charge in [0.25, 0.3) is 0 Å². The minimum Gasteiger partial charge on any atom is -0.341 e. The van der Waals surface area contributed by atoms with E-state index < -0.39 is 20.0 Å². The summed E-state index contributed by atoms with van der Waals surface area (Å²) in [7, 11) is -1.52. The van der Waals surface area contributed by atoms with Crippen LogP contribution in [0.15, 0.2) is 30.3 Å². The molecule has 94 valence electrons. The second kappa shape index (κ2) is 6.59. The molecule has 0 fully saturated rings. The first-order valence-electron chi connectivity index (χ1n) is 4.62. The molecule has 1 aromatic rings. The summed E-state index contributed by atoms with van der Waals surface area (Å²) in [6.07, 6.45) is 0.370. The number of alkyl halides is 3. The second-order valence-electron chi connectivity index (χ2n) is 3.22. The van der Waals surface area contributed by atoms with Crippen molar-refractivity contribution in [3.05, 3.63) is 35.9 Å². The molecule has 0 radical (unpaired) electrons. The molecule has 2 atom stereocenters. The molecule has 1 amide bonds. The molecular weight excluding hydrogens is 305 g/mol. The summed E-state index contributed by atoms with van der Waals surface area (Å²) in [5.74, 6) is 0.209. The number of hydrogen-bond acceptors (Lipinski definition) is 2. The normalized spacial score (nSPS) is 15.0. The minimum atomic E-state index is -1.81. The van der Waals surface area contributed by atoms with Gasteiger partial charge in [0.2, 0.25) is 10.2 Å². The lowest BCUT2D eigenvalue weighted by Crippen LogP contribution is -2.43. The van der Waals surface area contributed by atoms with E-state index in [-0.39, 0.29) is 5.75 Å². The van der Waals surface area contributed by atoms with Gasteiger partial charge in [0.1, 0.15) is 0 Å². The molecule has 0 spiro atoms. The molecule has 1 rings (SSSR count). The lowest BCUT2D eigenvalue weighted by Gasteiger charge is -2.22. The number of benzene rings is 1. The van der Waals surface area contributed by atoms with E-state index in [1.54, 1.807) is 0 Å². The molecule has 0 aliphatic carbocycles. The topological polar surface area (TPSA) is 46.2 Å². The van der Waals surface area contributed by atoms with Crippen LogP contribution in [-0.2, 0) is 21.3 Å². The first-order valence-corrected chi connectivity index (χ1v) is 7.14. The Morgan fingerprint density at radius 2 is 1.88 bits per heavy atom. The van der Waals surface area contributed by atoms with Crippen molar-refractivity contribution in [2.24, 2.45) is 0 Å². The molecule has 0 aromatic heterocycles. The smallest absolute Gasteiger partial charge is 0.222 e. The first kappa shape index (κ1) is 14.8. The van der Waals surface area contributed by atoms with Crippen LogP contribution in [0.1, 0.15) is 5.56 Å². The van der Waals surface area contributed by atoms with Crippen LogP contribution >= 0.6 is 34.8 Å². The number of amides is 1. The maximum Gasteiger partial charge on any atom is 0.222 e. The first-order chi connectivity index (χ1) is 7.95. The SMILES string of the molecule is O=CN[C@H]([S@@](=O)Cc1ccccc1)C(Cl)(Cl)Cl. The standard InChI is InChI=1S/C10H10Cl3NO2S/c11-10(12,13)9(14-7-15)17(16)6-8-4-2-1-3-5-8/h1-5,7,9H,6H2,(H,14,15)/t9-,17+/m1/s1. The molecular formula is C10H10Cl3NO2S. The van der Waals surface area contributed by atoms with Crippen molar-refractivity contribution in [1.29, 1.82) is 0 Å². The Labute approximate surface area is 117 Å². The number of carbonyl (C=O) groups excluding carboxylic acids is 1. The molecule has 0 bridgehead atoms. The highest BCUT2D eigenvalue weighted by Gasteiger charge is 2.37. The summed E-state index contributed by atoms with van der Waals surface area (Å²) < 4.78 is 10.2.